The molecule has 0 radical (unpaired) electrons. The molecule has 1 saturated heterocycles. The Hall–Kier alpha value is -0.750. The highest BCUT2D eigenvalue weighted by atomic mass is 32.2. The van der Waals surface area contributed by atoms with E-state index in [2.05, 4.69) is 0 Å². The summed E-state index contributed by atoms with van der Waals surface area (Å²) in [4.78, 5) is 25.1. The fraction of sp³-hybridized carbons (Fsp3) is 0.846. The van der Waals surface area contributed by atoms with Crippen molar-refractivity contribution in [1.82, 2.24) is 4.90 Å². The maximum Gasteiger partial charge on any atom is 0.311 e. The first-order chi connectivity index (χ1) is 8.97. The van der Waals surface area contributed by atoms with Crippen molar-refractivity contribution >= 4 is 23.6 Å². The number of carboxylic acids is 1. The lowest BCUT2D eigenvalue weighted by atomic mass is 10.0. The van der Waals surface area contributed by atoms with Gasteiger partial charge >= 0.3 is 5.97 Å². The van der Waals surface area contributed by atoms with Crippen LogP contribution in [-0.4, -0.2) is 58.7 Å². The van der Waals surface area contributed by atoms with Crippen LogP contribution in [0.1, 0.15) is 27.2 Å². The molecule has 0 saturated carbocycles. The Morgan fingerprint density at radius 1 is 1.42 bits per heavy atom. The molecule has 5 nitrogen and oxygen atoms in total. The van der Waals surface area contributed by atoms with Gasteiger partial charge in [-0.2, -0.15) is 0 Å². The average molecular weight is 289 g/mol. The van der Waals surface area contributed by atoms with E-state index >= 15 is 0 Å². The molecule has 19 heavy (non-hydrogen) atoms. The highest BCUT2D eigenvalue weighted by molar-refractivity contribution is 8.00. The number of amides is 1. The number of carbonyl (C=O) groups excluding carboxylic acids is 1. The van der Waals surface area contributed by atoms with Gasteiger partial charge in [-0.05, 0) is 11.7 Å². The lowest BCUT2D eigenvalue weighted by Crippen LogP contribution is -2.47. The van der Waals surface area contributed by atoms with Gasteiger partial charge in [0.05, 0.1) is 25.0 Å². The molecule has 1 amide bonds. The smallest absolute Gasteiger partial charge is 0.311 e. The van der Waals surface area contributed by atoms with Gasteiger partial charge in [0.1, 0.15) is 5.92 Å². The summed E-state index contributed by atoms with van der Waals surface area (Å²) >= 11 is 1.58. The third kappa shape index (κ3) is 4.69. The molecule has 1 rings (SSSR count). The standard InChI is InChI=1S/C13H23NO4S/c1-4-5-14(12(15)8-19-9(2)3)11-7-18-6-10(11)13(16)17/h9-11H,4-8H2,1-3H3,(H,16,17). The molecule has 1 aliphatic heterocycles. The molecule has 2 unspecified atom stereocenters. The number of nitrogens with zero attached hydrogens (tertiary/aromatic N) is 1. The fourth-order valence-corrected chi connectivity index (χ4v) is 2.77. The summed E-state index contributed by atoms with van der Waals surface area (Å²) in [6.45, 7) is 7.19. The topological polar surface area (TPSA) is 66.8 Å². The van der Waals surface area contributed by atoms with E-state index in [0.29, 0.717) is 24.2 Å². The van der Waals surface area contributed by atoms with Crippen LogP contribution in [0.5, 0.6) is 0 Å². The zero-order chi connectivity index (χ0) is 14.4. The van der Waals surface area contributed by atoms with Gasteiger partial charge in [0, 0.05) is 6.54 Å². The van der Waals surface area contributed by atoms with Gasteiger partial charge in [0.15, 0.2) is 0 Å². The molecule has 1 heterocycles. The normalized spacial score (nSPS) is 22.7. The highest BCUT2D eigenvalue weighted by Crippen LogP contribution is 2.22. The second-order valence-electron chi connectivity index (χ2n) is 5.00. The zero-order valence-electron chi connectivity index (χ0n) is 11.8. The molecule has 0 bridgehead atoms. The number of thioether (sulfide) groups is 1. The molecular weight excluding hydrogens is 266 g/mol. The van der Waals surface area contributed by atoms with Crippen LogP contribution in [0.2, 0.25) is 0 Å². The maximum absolute atomic E-state index is 12.2. The second kappa shape index (κ2) is 7.75. The SMILES string of the molecule is CCCN(C(=O)CSC(C)C)C1COCC1C(=O)O. The van der Waals surface area contributed by atoms with Crippen molar-refractivity contribution in [2.75, 3.05) is 25.5 Å². The monoisotopic (exact) mass is 289 g/mol. The third-order valence-electron chi connectivity index (χ3n) is 3.09. The van der Waals surface area contributed by atoms with Crippen LogP contribution in [0, 0.1) is 5.92 Å². The van der Waals surface area contributed by atoms with Gasteiger partial charge < -0.3 is 14.7 Å². The van der Waals surface area contributed by atoms with E-state index in [4.69, 9.17) is 4.74 Å². The lowest BCUT2D eigenvalue weighted by molar-refractivity contribution is -0.144. The van der Waals surface area contributed by atoms with E-state index in [0.717, 1.165) is 6.42 Å². The molecule has 0 aromatic carbocycles. The molecule has 0 spiro atoms. The minimum atomic E-state index is -0.882. The number of aliphatic carboxylic acids is 1. The molecule has 1 aliphatic rings. The molecule has 0 aromatic rings. The molecule has 0 aromatic heterocycles. The number of carboxylic acid groups (broad SMARTS) is 1. The lowest BCUT2D eigenvalue weighted by Gasteiger charge is -2.30. The van der Waals surface area contributed by atoms with Crippen molar-refractivity contribution in [3.8, 4) is 0 Å². The Bertz CT molecular complexity index is 322. The number of hydrogen-bond donors (Lipinski definition) is 1. The largest absolute Gasteiger partial charge is 0.481 e. The van der Waals surface area contributed by atoms with Crippen molar-refractivity contribution in [2.45, 2.75) is 38.5 Å². The van der Waals surface area contributed by atoms with Gasteiger partial charge in [-0.1, -0.05) is 20.8 Å². The predicted molar refractivity (Wildman–Crippen MR) is 75.3 cm³/mol. The number of ether oxygens (including phenoxy) is 1. The van der Waals surface area contributed by atoms with E-state index in [-0.39, 0.29) is 18.6 Å². The second-order valence-corrected chi connectivity index (χ2v) is 6.56. The van der Waals surface area contributed by atoms with Gasteiger partial charge in [-0.25, -0.2) is 0 Å². The minimum Gasteiger partial charge on any atom is -0.481 e. The number of rotatable bonds is 7. The molecule has 1 N–H and O–H groups in total. The van der Waals surface area contributed by atoms with Gasteiger partial charge in [0.2, 0.25) is 5.91 Å². The summed E-state index contributed by atoms with van der Waals surface area (Å²) in [5, 5.41) is 9.57. The van der Waals surface area contributed by atoms with Crippen LogP contribution in [0.3, 0.4) is 0 Å². The number of carbonyl (C=O) groups is 2. The molecule has 6 heteroatoms. The summed E-state index contributed by atoms with van der Waals surface area (Å²) in [5.74, 6) is -1.06. The van der Waals surface area contributed by atoms with Crippen molar-refractivity contribution in [2.24, 2.45) is 5.92 Å². The van der Waals surface area contributed by atoms with Gasteiger partial charge in [-0.3, -0.25) is 9.59 Å². The molecular formula is C13H23NO4S. The fourth-order valence-electron chi connectivity index (χ4n) is 2.12. The van der Waals surface area contributed by atoms with Crippen molar-refractivity contribution in [3.63, 3.8) is 0 Å². The first kappa shape index (κ1) is 16.3. The van der Waals surface area contributed by atoms with Crippen LogP contribution in [0.25, 0.3) is 0 Å². The third-order valence-corrected chi connectivity index (χ3v) is 4.17. The summed E-state index contributed by atoms with van der Waals surface area (Å²) < 4.78 is 5.25. The number of hydrogen-bond acceptors (Lipinski definition) is 4. The van der Waals surface area contributed by atoms with E-state index in [1.54, 1.807) is 16.7 Å². The summed E-state index contributed by atoms with van der Waals surface area (Å²) in [6.07, 6.45) is 0.820. The average Bonchev–Trinajstić information content (AvgIpc) is 2.81. The zero-order valence-corrected chi connectivity index (χ0v) is 12.6. The van der Waals surface area contributed by atoms with Crippen LogP contribution >= 0.6 is 11.8 Å². The van der Waals surface area contributed by atoms with E-state index in [9.17, 15) is 14.7 Å². The Morgan fingerprint density at radius 3 is 2.63 bits per heavy atom. The minimum absolute atomic E-state index is 0.0160. The van der Waals surface area contributed by atoms with Gasteiger partial charge in [0.25, 0.3) is 0 Å². The van der Waals surface area contributed by atoms with Crippen LogP contribution < -0.4 is 0 Å². The maximum atomic E-state index is 12.2. The van der Waals surface area contributed by atoms with Crippen LogP contribution in [-0.2, 0) is 14.3 Å². The van der Waals surface area contributed by atoms with Crippen molar-refractivity contribution in [1.29, 1.82) is 0 Å². The first-order valence-electron chi connectivity index (χ1n) is 6.69. The highest BCUT2D eigenvalue weighted by Gasteiger charge is 2.39. The van der Waals surface area contributed by atoms with E-state index in [1.807, 2.05) is 20.8 Å². The Morgan fingerprint density at radius 2 is 2.11 bits per heavy atom. The summed E-state index contributed by atoms with van der Waals surface area (Å²) in [6, 6.07) is -0.322. The molecule has 110 valence electrons. The first-order valence-corrected chi connectivity index (χ1v) is 7.73. The Kier molecular flexibility index (Phi) is 6.65. The molecule has 0 aliphatic carbocycles. The Labute approximate surface area is 118 Å². The predicted octanol–water partition coefficient (Wildman–Crippen LogP) is 1.47. The van der Waals surface area contributed by atoms with Crippen molar-refractivity contribution < 1.29 is 19.4 Å². The molecule has 1 fully saturated rings. The quantitative estimate of drug-likeness (QED) is 0.768. The Balaban J connectivity index is 2.70. The van der Waals surface area contributed by atoms with Crippen LogP contribution in [0.4, 0.5) is 0 Å². The van der Waals surface area contributed by atoms with Crippen LogP contribution in [0.15, 0.2) is 0 Å². The van der Waals surface area contributed by atoms with E-state index < -0.39 is 11.9 Å². The summed E-state index contributed by atoms with van der Waals surface area (Å²) in [5.41, 5.74) is 0. The molecule has 2 atom stereocenters. The summed E-state index contributed by atoms with van der Waals surface area (Å²) in [7, 11) is 0. The van der Waals surface area contributed by atoms with E-state index in [1.165, 1.54) is 0 Å². The van der Waals surface area contributed by atoms with Crippen molar-refractivity contribution in [3.05, 3.63) is 0 Å². The van der Waals surface area contributed by atoms with Gasteiger partial charge in [-0.15, -0.1) is 11.8 Å².